The summed E-state index contributed by atoms with van der Waals surface area (Å²) in [6, 6.07) is 7.22. The molecule has 2 aromatic carbocycles. The standard InChI is InChI=1S/C16H14F2N2O3S2/c1-2-8-20-13-7-6-10(9-14(13)24-16(20)21)25(22,23)19-15-11(17)4-3-5-12(15)18/h3-7,9,19H,2,8H2,1H3. The third kappa shape index (κ3) is 3.29. The van der Waals surface area contributed by atoms with E-state index in [4.69, 9.17) is 0 Å². The number of aromatic nitrogens is 1. The molecule has 0 radical (unpaired) electrons. The van der Waals surface area contributed by atoms with Gasteiger partial charge in [-0.05, 0) is 36.8 Å². The number of anilines is 1. The lowest BCUT2D eigenvalue weighted by Crippen LogP contribution is -2.15. The van der Waals surface area contributed by atoms with Gasteiger partial charge in [0.1, 0.15) is 17.3 Å². The van der Waals surface area contributed by atoms with Gasteiger partial charge in [0.25, 0.3) is 10.0 Å². The average Bonchev–Trinajstić information content (AvgIpc) is 2.87. The molecule has 0 unspecified atom stereocenters. The Morgan fingerprint density at radius 1 is 1.16 bits per heavy atom. The third-order valence-electron chi connectivity index (χ3n) is 3.60. The van der Waals surface area contributed by atoms with Gasteiger partial charge < -0.3 is 0 Å². The molecule has 0 aliphatic rings. The van der Waals surface area contributed by atoms with Crippen LogP contribution >= 0.6 is 11.3 Å². The van der Waals surface area contributed by atoms with Gasteiger partial charge >= 0.3 is 4.87 Å². The maximum absolute atomic E-state index is 13.7. The zero-order valence-electron chi connectivity index (χ0n) is 13.1. The number of thiazole rings is 1. The first kappa shape index (κ1) is 17.6. The van der Waals surface area contributed by atoms with Gasteiger partial charge in [-0.15, -0.1) is 0 Å². The first-order chi connectivity index (χ1) is 11.8. The van der Waals surface area contributed by atoms with Gasteiger partial charge in [0.15, 0.2) is 0 Å². The van der Waals surface area contributed by atoms with Gasteiger partial charge in [-0.2, -0.15) is 0 Å². The SMILES string of the molecule is CCCn1c(=O)sc2cc(S(=O)(=O)Nc3c(F)cccc3F)ccc21. The maximum atomic E-state index is 13.7. The molecule has 0 aliphatic heterocycles. The summed E-state index contributed by atoms with van der Waals surface area (Å²) in [6.07, 6.45) is 0.764. The van der Waals surface area contributed by atoms with Crippen molar-refractivity contribution in [2.24, 2.45) is 0 Å². The Balaban J connectivity index is 2.04. The van der Waals surface area contributed by atoms with E-state index in [-0.39, 0.29) is 9.77 Å². The van der Waals surface area contributed by atoms with Crippen LogP contribution in [0.15, 0.2) is 46.1 Å². The van der Waals surface area contributed by atoms with Gasteiger partial charge in [-0.1, -0.05) is 24.3 Å². The van der Waals surface area contributed by atoms with E-state index in [2.05, 4.69) is 0 Å². The van der Waals surface area contributed by atoms with Crippen LogP contribution in [0, 0.1) is 11.6 Å². The zero-order valence-corrected chi connectivity index (χ0v) is 14.8. The molecule has 0 spiro atoms. The highest BCUT2D eigenvalue weighted by Crippen LogP contribution is 2.25. The van der Waals surface area contributed by atoms with Crippen molar-refractivity contribution in [2.75, 3.05) is 4.72 Å². The number of nitrogens with one attached hydrogen (secondary N) is 1. The molecule has 0 bridgehead atoms. The lowest BCUT2D eigenvalue weighted by molar-refractivity contribution is 0.583. The first-order valence-corrected chi connectivity index (χ1v) is 9.73. The summed E-state index contributed by atoms with van der Waals surface area (Å²) in [6.45, 7) is 2.46. The van der Waals surface area contributed by atoms with Gasteiger partial charge in [0.2, 0.25) is 0 Å². The number of hydrogen-bond acceptors (Lipinski definition) is 4. The van der Waals surface area contributed by atoms with Crippen LogP contribution < -0.4 is 9.60 Å². The molecule has 0 fully saturated rings. The molecular weight excluding hydrogens is 370 g/mol. The monoisotopic (exact) mass is 384 g/mol. The van der Waals surface area contributed by atoms with Crippen molar-refractivity contribution in [3.8, 4) is 0 Å². The fourth-order valence-corrected chi connectivity index (χ4v) is 4.57. The fraction of sp³-hybridized carbons (Fsp3) is 0.188. The molecule has 0 atom stereocenters. The molecular formula is C16H14F2N2O3S2. The highest BCUT2D eigenvalue weighted by atomic mass is 32.2. The van der Waals surface area contributed by atoms with Crippen molar-refractivity contribution >= 4 is 37.3 Å². The van der Waals surface area contributed by atoms with E-state index < -0.39 is 27.3 Å². The van der Waals surface area contributed by atoms with Crippen LogP contribution in [0.5, 0.6) is 0 Å². The molecule has 1 N–H and O–H groups in total. The number of para-hydroxylation sites is 1. The topological polar surface area (TPSA) is 68.2 Å². The van der Waals surface area contributed by atoms with Gasteiger partial charge in [-0.3, -0.25) is 14.1 Å². The number of aryl methyl sites for hydroxylation is 1. The molecule has 1 heterocycles. The van der Waals surface area contributed by atoms with E-state index in [9.17, 15) is 22.0 Å². The Hall–Kier alpha value is -2.26. The summed E-state index contributed by atoms with van der Waals surface area (Å²) in [5.74, 6) is -2.02. The van der Waals surface area contributed by atoms with Crippen molar-refractivity contribution in [2.45, 2.75) is 24.8 Å². The quantitative estimate of drug-likeness (QED) is 0.731. The molecule has 3 rings (SSSR count). The summed E-state index contributed by atoms with van der Waals surface area (Å²) >= 11 is 0.929. The molecule has 25 heavy (non-hydrogen) atoms. The van der Waals surface area contributed by atoms with Crippen LogP contribution in [-0.4, -0.2) is 13.0 Å². The van der Waals surface area contributed by atoms with Crippen LogP contribution in [0.2, 0.25) is 0 Å². The van der Waals surface area contributed by atoms with Crippen LogP contribution in [0.3, 0.4) is 0 Å². The number of benzene rings is 2. The van der Waals surface area contributed by atoms with Crippen LogP contribution in [-0.2, 0) is 16.6 Å². The fourth-order valence-electron chi connectivity index (χ4n) is 2.44. The average molecular weight is 384 g/mol. The molecule has 3 aromatic rings. The Morgan fingerprint density at radius 3 is 2.48 bits per heavy atom. The molecule has 0 aliphatic carbocycles. The van der Waals surface area contributed by atoms with E-state index in [1.807, 2.05) is 11.6 Å². The first-order valence-electron chi connectivity index (χ1n) is 7.43. The van der Waals surface area contributed by atoms with Crippen molar-refractivity contribution in [1.29, 1.82) is 0 Å². The maximum Gasteiger partial charge on any atom is 0.308 e. The summed E-state index contributed by atoms with van der Waals surface area (Å²) in [4.78, 5) is 11.6. The zero-order chi connectivity index (χ0) is 18.2. The van der Waals surface area contributed by atoms with Gasteiger partial charge in [-0.25, -0.2) is 17.2 Å². The minimum Gasteiger partial charge on any atom is -0.299 e. The number of rotatable bonds is 5. The summed E-state index contributed by atoms with van der Waals surface area (Å²) in [7, 11) is -4.20. The molecule has 0 saturated heterocycles. The third-order valence-corrected chi connectivity index (χ3v) is 5.89. The molecule has 0 saturated carbocycles. The van der Waals surface area contributed by atoms with E-state index in [1.54, 1.807) is 4.57 Å². The lowest BCUT2D eigenvalue weighted by atomic mass is 10.3. The summed E-state index contributed by atoms with van der Waals surface area (Å²) in [5, 5.41) is 0. The number of fused-ring (bicyclic) bond motifs is 1. The van der Waals surface area contributed by atoms with Crippen LogP contribution in [0.4, 0.5) is 14.5 Å². The predicted molar refractivity (Wildman–Crippen MR) is 93.5 cm³/mol. The number of hydrogen-bond donors (Lipinski definition) is 1. The number of nitrogens with zero attached hydrogens (tertiary/aromatic N) is 1. The van der Waals surface area contributed by atoms with E-state index in [0.717, 1.165) is 36.0 Å². The predicted octanol–water partition coefficient (Wildman–Crippen LogP) is 3.55. The second-order valence-electron chi connectivity index (χ2n) is 5.35. The second-order valence-corrected chi connectivity index (χ2v) is 8.03. The summed E-state index contributed by atoms with van der Waals surface area (Å²) < 4.78 is 56.2. The van der Waals surface area contributed by atoms with Crippen LogP contribution in [0.1, 0.15) is 13.3 Å². The van der Waals surface area contributed by atoms with Crippen molar-refractivity contribution in [3.05, 3.63) is 57.7 Å². The smallest absolute Gasteiger partial charge is 0.299 e. The normalized spacial score (nSPS) is 11.8. The molecule has 5 nitrogen and oxygen atoms in total. The Labute approximate surface area is 146 Å². The Morgan fingerprint density at radius 2 is 1.84 bits per heavy atom. The molecule has 9 heteroatoms. The summed E-state index contributed by atoms with van der Waals surface area (Å²) in [5.41, 5.74) is -0.104. The lowest BCUT2D eigenvalue weighted by Gasteiger charge is -2.10. The van der Waals surface area contributed by atoms with E-state index >= 15 is 0 Å². The minimum atomic E-state index is -4.20. The molecule has 0 amide bonds. The highest BCUT2D eigenvalue weighted by Gasteiger charge is 2.20. The largest absolute Gasteiger partial charge is 0.308 e. The number of halogens is 2. The van der Waals surface area contributed by atoms with Gasteiger partial charge in [0.05, 0.1) is 15.1 Å². The van der Waals surface area contributed by atoms with E-state index in [0.29, 0.717) is 16.8 Å². The second kappa shape index (κ2) is 6.57. The van der Waals surface area contributed by atoms with Crippen LogP contribution in [0.25, 0.3) is 10.2 Å². The van der Waals surface area contributed by atoms with Crippen molar-refractivity contribution < 1.29 is 17.2 Å². The molecule has 132 valence electrons. The molecule has 1 aromatic heterocycles. The van der Waals surface area contributed by atoms with Crippen molar-refractivity contribution in [1.82, 2.24) is 4.57 Å². The van der Waals surface area contributed by atoms with Crippen molar-refractivity contribution in [3.63, 3.8) is 0 Å². The minimum absolute atomic E-state index is 0.174. The van der Waals surface area contributed by atoms with E-state index in [1.165, 1.54) is 18.2 Å². The highest BCUT2D eigenvalue weighted by molar-refractivity contribution is 7.92. The Bertz CT molecular complexity index is 1080. The Kier molecular flexibility index (Phi) is 4.61. The number of sulfonamides is 1. The van der Waals surface area contributed by atoms with Gasteiger partial charge in [0, 0.05) is 6.54 Å².